The van der Waals surface area contributed by atoms with E-state index in [2.05, 4.69) is 10.2 Å². The highest BCUT2D eigenvalue weighted by Crippen LogP contribution is 2.37. The maximum absolute atomic E-state index is 13.4. The van der Waals surface area contributed by atoms with Gasteiger partial charge < -0.3 is 4.90 Å². The van der Waals surface area contributed by atoms with Crippen molar-refractivity contribution in [2.24, 2.45) is 0 Å². The van der Waals surface area contributed by atoms with Gasteiger partial charge in [-0.3, -0.25) is 5.10 Å². The number of benzene rings is 1. The van der Waals surface area contributed by atoms with Crippen molar-refractivity contribution in [3.05, 3.63) is 41.5 Å². The van der Waals surface area contributed by atoms with Gasteiger partial charge in [0, 0.05) is 30.8 Å². The van der Waals surface area contributed by atoms with Crippen LogP contribution in [0.1, 0.15) is 11.3 Å². The number of fused-ring (bicyclic) bond motifs is 1. The zero-order valence-electron chi connectivity index (χ0n) is 11.6. The predicted molar refractivity (Wildman–Crippen MR) is 73.0 cm³/mol. The first kappa shape index (κ1) is 15.8. The molecule has 23 heavy (non-hydrogen) atoms. The lowest BCUT2D eigenvalue weighted by molar-refractivity contribution is -0.0435. The van der Waals surface area contributed by atoms with Gasteiger partial charge in [0.1, 0.15) is 10.7 Å². The van der Waals surface area contributed by atoms with Gasteiger partial charge in [-0.05, 0) is 18.2 Å². The van der Waals surface area contributed by atoms with E-state index in [1.165, 1.54) is 11.1 Å². The van der Waals surface area contributed by atoms with Crippen LogP contribution in [-0.2, 0) is 22.8 Å². The average molecular weight is 349 g/mol. The van der Waals surface area contributed by atoms with Crippen molar-refractivity contribution in [1.82, 2.24) is 10.2 Å². The summed E-state index contributed by atoms with van der Waals surface area (Å²) in [5.74, 6) is -1.04. The summed E-state index contributed by atoms with van der Waals surface area (Å²) in [4.78, 5) is 0.396. The van der Waals surface area contributed by atoms with Crippen molar-refractivity contribution in [3.8, 4) is 0 Å². The Hall–Kier alpha value is -2.10. The van der Waals surface area contributed by atoms with Gasteiger partial charge in [0.2, 0.25) is 0 Å². The van der Waals surface area contributed by atoms with Crippen molar-refractivity contribution >= 4 is 15.5 Å². The van der Waals surface area contributed by atoms with Crippen LogP contribution in [0.2, 0.25) is 0 Å². The monoisotopic (exact) mass is 349 g/mol. The number of rotatable bonds is 2. The molecule has 0 atom stereocenters. The third-order valence-corrected chi connectivity index (χ3v) is 5.17. The number of aromatic nitrogens is 2. The van der Waals surface area contributed by atoms with Gasteiger partial charge in [0.15, 0.2) is 0 Å². The molecule has 0 saturated carbocycles. The molecule has 3 rings (SSSR count). The minimum absolute atomic E-state index is 0.171. The highest BCUT2D eigenvalue weighted by molar-refractivity contribution is 7.92. The lowest BCUT2D eigenvalue weighted by Gasteiger charge is -2.30. The average Bonchev–Trinajstić information content (AvgIpc) is 2.93. The number of nitrogens with zero attached hydrogens (tertiary/aromatic N) is 2. The van der Waals surface area contributed by atoms with Crippen molar-refractivity contribution in [1.29, 1.82) is 0 Å². The van der Waals surface area contributed by atoms with E-state index in [1.54, 1.807) is 0 Å². The number of aromatic amines is 1. The molecule has 0 saturated heterocycles. The van der Waals surface area contributed by atoms with Crippen LogP contribution in [-0.4, -0.2) is 30.7 Å². The standard InChI is InChI=1S/C13H11F4N3O2S/c14-9-1-2-11(12(5-9)23(21,22)13(15,16)17)20-4-3-10-8(7-20)6-18-19-10/h1-2,5-6H,3-4,7H2,(H,18,19). The Morgan fingerprint density at radius 1 is 1.26 bits per heavy atom. The topological polar surface area (TPSA) is 66.1 Å². The van der Waals surface area contributed by atoms with E-state index in [4.69, 9.17) is 0 Å². The summed E-state index contributed by atoms with van der Waals surface area (Å²) in [6.45, 7) is 0.485. The number of anilines is 1. The fraction of sp³-hybridized carbons (Fsp3) is 0.308. The molecule has 1 aromatic heterocycles. The van der Waals surface area contributed by atoms with Crippen molar-refractivity contribution in [3.63, 3.8) is 0 Å². The fourth-order valence-electron chi connectivity index (χ4n) is 2.52. The molecule has 0 fully saturated rings. The number of nitrogens with one attached hydrogen (secondary N) is 1. The lowest BCUT2D eigenvalue weighted by Crippen LogP contribution is -2.33. The van der Waals surface area contributed by atoms with E-state index in [1.807, 2.05) is 0 Å². The molecule has 1 N–H and O–H groups in total. The number of halogens is 4. The summed E-state index contributed by atoms with van der Waals surface area (Å²) >= 11 is 0. The predicted octanol–water partition coefficient (Wildman–Crippen LogP) is 2.41. The highest BCUT2D eigenvalue weighted by atomic mass is 32.2. The second kappa shape index (κ2) is 5.22. The van der Waals surface area contributed by atoms with Crippen LogP contribution in [0, 0.1) is 5.82 Å². The molecule has 2 heterocycles. The molecule has 2 aromatic rings. The summed E-state index contributed by atoms with van der Waals surface area (Å²) in [5.41, 5.74) is -4.05. The molecule has 10 heteroatoms. The Balaban J connectivity index is 2.08. The van der Waals surface area contributed by atoms with Gasteiger partial charge in [-0.2, -0.15) is 18.3 Å². The van der Waals surface area contributed by atoms with Gasteiger partial charge in [-0.1, -0.05) is 0 Å². The summed E-state index contributed by atoms with van der Waals surface area (Å²) in [6, 6.07) is 2.40. The van der Waals surface area contributed by atoms with Gasteiger partial charge in [0.25, 0.3) is 9.84 Å². The summed E-state index contributed by atoms with van der Waals surface area (Å²) < 4.78 is 75.3. The van der Waals surface area contributed by atoms with E-state index < -0.39 is 26.1 Å². The molecule has 124 valence electrons. The minimum atomic E-state index is -5.65. The minimum Gasteiger partial charge on any atom is -0.366 e. The van der Waals surface area contributed by atoms with Gasteiger partial charge in [-0.25, -0.2) is 12.8 Å². The molecule has 1 aromatic carbocycles. The van der Waals surface area contributed by atoms with Crippen molar-refractivity contribution in [2.45, 2.75) is 23.4 Å². The van der Waals surface area contributed by atoms with Crippen LogP contribution in [0.25, 0.3) is 0 Å². The van der Waals surface area contributed by atoms with E-state index >= 15 is 0 Å². The molecule has 5 nitrogen and oxygen atoms in total. The molecule has 0 radical (unpaired) electrons. The quantitative estimate of drug-likeness (QED) is 0.846. The Morgan fingerprint density at radius 2 is 2.00 bits per heavy atom. The molecule has 1 aliphatic rings. The molecular formula is C13H11F4N3O2S. The maximum Gasteiger partial charge on any atom is 0.501 e. The molecule has 0 amide bonds. The van der Waals surface area contributed by atoms with Crippen LogP contribution < -0.4 is 4.90 Å². The van der Waals surface area contributed by atoms with Gasteiger partial charge in [-0.15, -0.1) is 0 Å². The molecule has 0 unspecified atom stereocenters. The first-order valence-electron chi connectivity index (χ1n) is 6.57. The largest absolute Gasteiger partial charge is 0.501 e. The third kappa shape index (κ3) is 2.67. The second-order valence-corrected chi connectivity index (χ2v) is 7.02. The maximum atomic E-state index is 13.4. The van der Waals surface area contributed by atoms with E-state index in [9.17, 15) is 26.0 Å². The summed E-state index contributed by atoms with van der Waals surface area (Å²) in [5, 5.41) is 6.62. The van der Waals surface area contributed by atoms with Crippen molar-refractivity contribution in [2.75, 3.05) is 11.4 Å². The third-order valence-electron chi connectivity index (χ3n) is 3.66. The molecular weight excluding hydrogens is 338 g/mol. The van der Waals surface area contributed by atoms with Gasteiger partial charge >= 0.3 is 5.51 Å². The number of sulfone groups is 1. The zero-order chi connectivity index (χ0) is 16.8. The van der Waals surface area contributed by atoms with E-state index in [-0.39, 0.29) is 12.2 Å². The van der Waals surface area contributed by atoms with E-state index in [0.717, 1.165) is 23.4 Å². The Morgan fingerprint density at radius 3 is 2.70 bits per heavy atom. The zero-order valence-corrected chi connectivity index (χ0v) is 12.4. The highest BCUT2D eigenvalue weighted by Gasteiger charge is 2.48. The van der Waals surface area contributed by atoms with Crippen LogP contribution in [0.3, 0.4) is 0 Å². The first-order valence-corrected chi connectivity index (χ1v) is 8.05. The number of alkyl halides is 3. The Kier molecular flexibility index (Phi) is 3.58. The Bertz CT molecular complexity index is 845. The summed E-state index contributed by atoms with van der Waals surface area (Å²) in [7, 11) is -5.65. The van der Waals surface area contributed by atoms with Crippen LogP contribution >= 0.6 is 0 Å². The number of hydrogen-bond donors (Lipinski definition) is 1. The van der Waals surface area contributed by atoms with Crippen LogP contribution in [0.15, 0.2) is 29.3 Å². The number of H-pyrrole nitrogens is 1. The first-order chi connectivity index (χ1) is 10.7. The molecule has 1 aliphatic heterocycles. The van der Waals surface area contributed by atoms with Crippen LogP contribution in [0.4, 0.5) is 23.2 Å². The smallest absolute Gasteiger partial charge is 0.366 e. The molecule has 0 aliphatic carbocycles. The SMILES string of the molecule is O=S(=O)(c1cc(F)ccc1N1CCc2[nH]ncc2C1)C(F)(F)F. The number of hydrogen-bond acceptors (Lipinski definition) is 4. The van der Waals surface area contributed by atoms with E-state index in [0.29, 0.717) is 19.0 Å². The van der Waals surface area contributed by atoms with Gasteiger partial charge in [0.05, 0.1) is 11.9 Å². The van der Waals surface area contributed by atoms with Crippen LogP contribution in [0.5, 0.6) is 0 Å². The normalized spacial score (nSPS) is 15.6. The lowest BCUT2D eigenvalue weighted by atomic mass is 10.1. The Labute approximate surface area is 128 Å². The second-order valence-electron chi connectivity index (χ2n) is 5.11. The fourth-order valence-corrected chi connectivity index (χ4v) is 3.51. The molecule has 0 bridgehead atoms. The summed E-state index contributed by atoms with van der Waals surface area (Å²) in [6.07, 6.45) is 2.00. The molecule has 0 spiro atoms. The van der Waals surface area contributed by atoms with Crippen molar-refractivity contribution < 1.29 is 26.0 Å².